The van der Waals surface area contributed by atoms with Gasteiger partial charge in [0.2, 0.25) is 0 Å². The van der Waals surface area contributed by atoms with Gasteiger partial charge in [0.05, 0.1) is 0 Å². The zero-order chi connectivity index (χ0) is 19.8. The predicted octanol–water partition coefficient (Wildman–Crippen LogP) is 2.71. The molecule has 152 valence electrons. The molecule has 3 fully saturated rings. The van der Waals surface area contributed by atoms with Gasteiger partial charge in [-0.3, -0.25) is 14.7 Å². The highest BCUT2D eigenvalue weighted by Crippen LogP contribution is 2.47. The van der Waals surface area contributed by atoms with E-state index in [1.165, 1.54) is 5.56 Å². The van der Waals surface area contributed by atoms with E-state index in [0.29, 0.717) is 11.8 Å². The molecule has 5 nitrogen and oxygen atoms in total. The number of hydrogen-bond donors (Lipinski definition) is 2. The van der Waals surface area contributed by atoms with Crippen LogP contribution in [-0.4, -0.2) is 40.0 Å². The average Bonchev–Trinajstić information content (AvgIpc) is 3.18. The summed E-state index contributed by atoms with van der Waals surface area (Å²) in [7, 11) is 0. The van der Waals surface area contributed by atoms with Gasteiger partial charge < -0.3 is 10.4 Å². The van der Waals surface area contributed by atoms with Crippen molar-refractivity contribution in [3.63, 3.8) is 0 Å². The molecule has 2 saturated carbocycles. The van der Waals surface area contributed by atoms with E-state index in [2.05, 4.69) is 27.3 Å². The van der Waals surface area contributed by atoms with Crippen molar-refractivity contribution in [1.29, 1.82) is 0 Å². The molecule has 0 radical (unpaired) electrons. The standard InChI is InChI=1S/C24H29N3O2/c28-23(24(29,19-8-4-5-9-19)18-6-2-1-3-7-18)26-22-20-15-27(16-21(20)22)14-17-10-12-25-13-11-17/h1-3,6-7,10-13,19-22,29H,4-5,8-9,14-16H2,(H,26,28)/t20-,21+,22?,24?. The molecule has 0 bridgehead atoms. The molecule has 1 aromatic heterocycles. The first-order valence-corrected chi connectivity index (χ1v) is 10.9. The number of aliphatic hydroxyl groups is 1. The first-order valence-electron chi connectivity index (χ1n) is 10.9. The van der Waals surface area contributed by atoms with Gasteiger partial charge in [0.1, 0.15) is 0 Å². The molecular weight excluding hydrogens is 362 g/mol. The normalized spacial score (nSPS) is 28.7. The summed E-state index contributed by atoms with van der Waals surface area (Å²) in [5, 5.41) is 14.8. The number of carbonyl (C=O) groups is 1. The zero-order valence-corrected chi connectivity index (χ0v) is 16.7. The number of benzene rings is 1. The van der Waals surface area contributed by atoms with E-state index in [1.54, 1.807) is 0 Å². The molecule has 1 saturated heterocycles. The second-order valence-electron chi connectivity index (χ2n) is 8.99. The molecule has 1 amide bonds. The van der Waals surface area contributed by atoms with Gasteiger partial charge in [-0.2, -0.15) is 0 Å². The molecule has 5 heteroatoms. The van der Waals surface area contributed by atoms with Crippen LogP contribution in [0.3, 0.4) is 0 Å². The molecule has 2 aliphatic carbocycles. The topological polar surface area (TPSA) is 65.5 Å². The minimum Gasteiger partial charge on any atom is -0.375 e. The molecule has 4 atom stereocenters. The highest BCUT2D eigenvalue weighted by atomic mass is 16.3. The SMILES string of the molecule is O=C(NC1[C@H]2CN(Cc3ccncc3)C[C@@H]12)C(O)(c1ccccc1)C1CCCC1. The Morgan fingerprint density at radius 2 is 1.72 bits per heavy atom. The van der Waals surface area contributed by atoms with Crippen molar-refractivity contribution in [2.45, 2.75) is 43.9 Å². The Bertz CT molecular complexity index is 841. The Balaban J connectivity index is 1.24. The molecule has 1 aromatic carbocycles. The van der Waals surface area contributed by atoms with E-state index >= 15 is 0 Å². The third-order valence-corrected chi connectivity index (χ3v) is 7.23. The number of fused-ring (bicyclic) bond motifs is 1. The molecule has 3 aliphatic rings. The number of amides is 1. The Kier molecular flexibility index (Phi) is 4.88. The number of aromatic nitrogens is 1. The smallest absolute Gasteiger partial charge is 0.257 e. The van der Waals surface area contributed by atoms with Crippen LogP contribution in [0.5, 0.6) is 0 Å². The minimum absolute atomic E-state index is 0.00618. The fraction of sp³-hybridized carbons (Fsp3) is 0.500. The van der Waals surface area contributed by atoms with Crippen LogP contribution < -0.4 is 5.32 Å². The van der Waals surface area contributed by atoms with Crippen molar-refractivity contribution >= 4 is 5.91 Å². The number of likely N-dealkylation sites (tertiary alicyclic amines) is 1. The van der Waals surface area contributed by atoms with Crippen LogP contribution in [0.1, 0.15) is 36.8 Å². The lowest BCUT2D eigenvalue weighted by Gasteiger charge is -2.33. The third kappa shape index (κ3) is 3.47. The van der Waals surface area contributed by atoms with E-state index in [0.717, 1.165) is 50.9 Å². The summed E-state index contributed by atoms with van der Waals surface area (Å²) in [6.45, 7) is 2.95. The maximum absolute atomic E-state index is 13.3. The summed E-state index contributed by atoms with van der Waals surface area (Å²) in [6, 6.07) is 13.9. The monoisotopic (exact) mass is 391 g/mol. The Hall–Kier alpha value is -2.24. The van der Waals surface area contributed by atoms with Crippen LogP contribution in [0.2, 0.25) is 0 Å². The summed E-state index contributed by atoms with van der Waals surface area (Å²) in [6.07, 6.45) is 7.68. The van der Waals surface area contributed by atoms with Crippen molar-refractivity contribution in [3.05, 3.63) is 66.0 Å². The number of rotatable bonds is 6. The fourth-order valence-electron chi connectivity index (χ4n) is 5.55. The van der Waals surface area contributed by atoms with E-state index in [1.807, 2.05) is 42.7 Å². The van der Waals surface area contributed by atoms with Gasteiger partial charge in [0, 0.05) is 44.0 Å². The van der Waals surface area contributed by atoms with E-state index in [4.69, 9.17) is 0 Å². The van der Waals surface area contributed by atoms with Gasteiger partial charge >= 0.3 is 0 Å². The van der Waals surface area contributed by atoms with Crippen LogP contribution in [-0.2, 0) is 16.9 Å². The van der Waals surface area contributed by atoms with Crippen LogP contribution in [0, 0.1) is 17.8 Å². The first-order chi connectivity index (χ1) is 14.2. The second kappa shape index (κ2) is 7.54. The highest BCUT2D eigenvalue weighted by molar-refractivity contribution is 5.87. The van der Waals surface area contributed by atoms with Crippen molar-refractivity contribution in [1.82, 2.24) is 15.2 Å². The average molecular weight is 392 g/mol. The number of nitrogens with zero attached hydrogens (tertiary/aromatic N) is 2. The summed E-state index contributed by atoms with van der Waals surface area (Å²) in [5.41, 5.74) is 0.599. The lowest BCUT2D eigenvalue weighted by Crippen LogP contribution is -2.50. The Labute approximate surface area is 172 Å². The molecule has 0 spiro atoms. The lowest BCUT2D eigenvalue weighted by molar-refractivity contribution is -0.147. The molecule has 5 rings (SSSR count). The summed E-state index contributed by atoms with van der Waals surface area (Å²) < 4.78 is 0. The van der Waals surface area contributed by atoms with Gasteiger partial charge in [-0.15, -0.1) is 0 Å². The zero-order valence-electron chi connectivity index (χ0n) is 16.7. The van der Waals surface area contributed by atoms with Gasteiger partial charge in [0.25, 0.3) is 5.91 Å². The molecule has 29 heavy (non-hydrogen) atoms. The number of hydrogen-bond acceptors (Lipinski definition) is 4. The fourth-order valence-corrected chi connectivity index (χ4v) is 5.55. The maximum Gasteiger partial charge on any atom is 0.257 e. The molecule has 2 N–H and O–H groups in total. The molecule has 2 heterocycles. The van der Waals surface area contributed by atoms with E-state index < -0.39 is 5.60 Å². The molecular formula is C24H29N3O2. The first kappa shape index (κ1) is 18.8. The molecule has 1 aliphatic heterocycles. The number of carbonyl (C=O) groups excluding carboxylic acids is 1. The van der Waals surface area contributed by atoms with Crippen LogP contribution >= 0.6 is 0 Å². The third-order valence-electron chi connectivity index (χ3n) is 7.23. The molecule has 2 unspecified atom stereocenters. The van der Waals surface area contributed by atoms with Crippen molar-refractivity contribution in [3.8, 4) is 0 Å². The van der Waals surface area contributed by atoms with Gasteiger partial charge in [-0.1, -0.05) is 43.2 Å². The second-order valence-corrected chi connectivity index (χ2v) is 8.99. The van der Waals surface area contributed by atoms with Crippen LogP contribution in [0.15, 0.2) is 54.9 Å². The van der Waals surface area contributed by atoms with Crippen molar-refractivity contribution in [2.24, 2.45) is 17.8 Å². The quantitative estimate of drug-likeness (QED) is 0.795. The Morgan fingerprint density at radius 3 is 2.38 bits per heavy atom. The maximum atomic E-state index is 13.3. The number of piperidine rings is 1. The van der Waals surface area contributed by atoms with Gasteiger partial charge in [-0.25, -0.2) is 0 Å². The summed E-state index contributed by atoms with van der Waals surface area (Å²) >= 11 is 0. The lowest BCUT2D eigenvalue weighted by atomic mass is 9.79. The van der Waals surface area contributed by atoms with E-state index in [9.17, 15) is 9.90 Å². The van der Waals surface area contributed by atoms with Crippen molar-refractivity contribution < 1.29 is 9.90 Å². The number of pyridine rings is 1. The van der Waals surface area contributed by atoms with Crippen molar-refractivity contribution in [2.75, 3.05) is 13.1 Å². The van der Waals surface area contributed by atoms with Crippen LogP contribution in [0.25, 0.3) is 0 Å². The predicted molar refractivity (Wildman–Crippen MR) is 111 cm³/mol. The van der Waals surface area contributed by atoms with Gasteiger partial charge in [0.15, 0.2) is 5.60 Å². The van der Waals surface area contributed by atoms with Gasteiger partial charge in [-0.05, 0) is 47.9 Å². The van der Waals surface area contributed by atoms with Crippen LogP contribution in [0.4, 0.5) is 0 Å². The van der Waals surface area contributed by atoms with E-state index in [-0.39, 0.29) is 17.9 Å². The Morgan fingerprint density at radius 1 is 1.07 bits per heavy atom. The summed E-state index contributed by atoms with van der Waals surface area (Å²) in [5.74, 6) is 0.816. The highest BCUT2D eigenvalue weighted by Gasteiger charge is 2.58. The molecule has 2 aromatic rings. The minimum atomic E-state index is -1.41. The largest absolute Gasteiger partial charge is 0.375 e. The number of nitrogens with one attached hydrogen (secondary N) is 1. The summed E-state index contributed by atoms with van der Waals surface area (Å²) in [4.78, 5) is 19.9.